The van der Waals surface area contributed by atoms with E-state index in [0.29, 0.717) is 6.04 Å². The Bertz CT molecular complexity index is 267. The van der Waals surface area contributed by atoms with Gasteiger partial charge in [-0.2, -0.15) is 0 Å². The summed E-state index contributed by atoms with van der Waals surface area (Å²) in [4.78, 5) is 6.53. The van der Waals surface area contributed by atoms with Crippen LogP contribution in [0, 0.1) is 0 Å². The van der Waals surface area contributed by atoms with Crippen LogP contribution < -0.4 is 5.32 Å². The van der Waals surface area contributed by atoms with Gasteiger partial charge in [0.05, 0.1) is 6.04 Å². The molecule has 0 aromatic carbocycles. The number of hydrogen-bond acceptors (Lipinski definition) is 3. The van der Waals surface area contributed by atoms with Gasteiger partial charge in [-0.1, -0.05) is 0 Å². The summed E-state index contributed by atoms with van der Waals surface area (Å²) in [6.07, 6.45) is 4.90. The molecule has 0 radical (unpaired) electrons. The SMILES string of the molecule is CNC(CCN(C)C)c1nccn1C. The van der Waals surface area contributed by atoms with E-state index in [4.69, 9.17) is 0 Å². The van der Waals surface area contributed by atoms with Crippen molar-refractivity contribution in [1.29, 1.82) is 0 Å². The summed E-state index contributed by atoms with van der Waals surface area (Å²) >= 11 is 0. The van der Waals surface area contributed by atoms with Gasteiger partial charge < -0.3 is 14.8 Å². The molecule has 0 fully saturated rings. The lowest BCUT2D eigenvalue weighted by Crippen LogP contribution is -2.25. The van der Waals surface area contributed by atoms with E-state index >= 15 is 0 Å². The molecule has 0 saturated heterocycles. The Morgan fingerprint density at radius 2 is 2.29 bits per heavy atom. The van der Waals surface area contributed by atoms with Crippen molar-refractivity contribution < 1.29 is 0 Å². The number of imidazole rings is 1. The topological polar surface area (TPSA) is 33.1 Å². The second kappa shape index (κ2) is 5.12. The van der Waals surface area contributed by atoms with Crippen LogP contribution in [0.5, 0.6) is 0 Å². The summed E-state index contributed by atoms with van der Waals surface area (Å²) in [6, 6.07) is 0.345. The Hall–Kier alpha value is -0.870. The molecule has 1 aromatic heterocycles. The molecule has 1 N–H and O–H groups in total. The average Bonchev–Trinajstić information content (AvgIpc) is 2.53. The van der Waals surface area contributed by atoms with Crippen LogP contribution in [-0.2, 0) is 7.05 Å². The molecular formula is C10H20N4. The van der Waals surface area contributed by atoms with Crippen molar-refractivity contribution in [2.24, 2.45) is 7.05 Å². The second-order valence-corrected chi connectivity index (χ2v) is 3.83. The third-order valence-corrected chi connectivity index (χ3v) is 2.38. The lowest BCUT2D eigenvalue weighted by molar-refractivity contribution is 0.360. The Morgan fingerprint density at radius 3 is 2.71 bits per heavy atom. The Balaban J connectivity index is 2.58. The fourth-order valence-corrected chi connectivity index (χ4v) is 1.50. The van der Waals surface area contributed by atoms with Gasteiger partial charge in [-0.15, -0.1) is 0 Å². The molecule has 1 heterocycles. The molecule has 80 valence electrons. The van der Waals surface area contributed by atoms with Gasteiger partial charge in [0, 0.05) is 19.4 Å². The molecule has 1 rings (SSSR count). The fourth-order valence-electron chi connectivity index (χ4n) is 1.50. The molecule has 0 spiro atoms. The molecular weight excluding hydrogens is 176 g/mol. The van der Waals surface area contributed by atoms with Gasteiger partial charge in [0.15, 0.2) is 0 Å². The van der Waals surface area contributed by atoms with E-state index < -0.39 is 0 Å². The first-order chi connectivity index (χ1) is 6.65. The maximum atomic E-state index is 4.35. The molecule has 1 aromatic rings. The zero-order valence-corrected chi connectivity index (χ0v) is 9.49. The summed E-state index contributed by atoms with van der Waals surface area (Å²) in [5.41, 5.74) is 0. The number of nitrogens with one attached hydrogen (secondary N) is 1. The third-order valence-electron chi connectivity index (χ3n) is 2.38. The number of nitrogens with zero attached hydrogens (tertiary/aromatic N) is 3. The molecule has 0 saturated carbocycles. The minimum atomic E-state index is 0.345. The molecule has 4 heteroatoms. The maximum absolute atomic E-state index is 4.35. The number of aromatic nitrogens is 2. The van der Waals surface area contributed by atoms with Crippen molar-refractivity contribution in [2.75, 3.05) is 27.7 Å². The van der Waals surface area contributed by atoms with Crippen molar-refractivity contribution in [2.45, 2.75) is 12.5 Å². The highest BCUT2D eigenvalue weighted by atomic mass is 15.1. The van der Waals surface area contributed by atoms with Crippen molar-refractivity contribution in [3.05, 3.63) is 18.2 Å². The van der Waals surface area contributed by atoms with Crippen LogP contribution in [0.4, 0.5) is 0 Å². The molecule has 0 bridgehead atoms. The molecule has 1 atom stereocenters. The quantitative estimate of drug-likeness (QED) is 0.750. The van der Waals surface area contributed by atoms with Gasteiger partial charge in [-0.25, -0.2) is 4.98 Å². The number of aryl methyl sites for hydroxylation is 1. The second-order valence-electron chi connectivity index (χ2n) is 3.83. The lowest BCUT2D eigenvalue weighted by atomic mass is 10.2. The van der Waals surface area contributed by atoms with Crippen LogP contribution in [0.25, 0.3) is 0 Å². The van der Waals surface area contributed by atoms with E-state index in [1.165, 1.54) is 0 Å². The molecule has 0 amide bonds. The molecule has 0 aliphatic heterocycles. The largest absolute Gasteiger partial charge is 0.337 e. The molecule has 0 aliphatic rings. The third kappa shape index (κ3) is 2.82. The van der Waals surface area contributed by atoms with E-state index in [1.807, 2.05) is 26.5 Å². The highest BCUT2D eigenvalue weighted by Crippen LogP contribution is 2.13. The molecule has 4 nitrogen and oxygen atoms in total. The first-order valence-electron chi connectivity index (χ1n) is 4.94. The van der Waals surface area contributed by atoms with E-state index in [0.717, 1.165) is 18.8 Å². The van der Waals surface area contributed by atoms with Crippen molar-refractivity contribution in [3.63, 3.8) is 0 Å². The van der Waals surface area contributed by atoms with Crippen molar-refractivity contribution >= 4 is 0 Å². The first kappa shape index (κ1) is 11.2. The molecule has 1 unspecified atom stereocenters. The number of hydrogen-bond donors (Lipinski definition) is 1. The Kier molecular flexibility index (Phi) is 4.10. The lowest BCUT2D eigenvalue weighted by Gasteiger charge is -2.18. The van der Waals surface area contributed by atoms with Crippen LogP contribution in [0.1, 0.15) is 18.3 Å². The van der Waals surface area contributed by atoms with Gasteiger partial charge in [0.25, 0.3) is 0 Å². The number of rotatable bonds is 5. The summed E-state index contributed by atoms with van der Waals surface area (Å²) in [5.74, 6) is 1.11. The highest BCUT2D eigenvalue weighted by Gasteiger charge is 2.13. The van der Waals surface area contributed by atoms with Gasteiger partial charge in [-0.05, 0) is 34.1 Å². The Morgan fingerprint density at radius 1 is 1.57 bits per heavy atom. The highest BCUT2D eigenvalue weighted by molar-refractivity contribution is 4.98. The minimum Gasteiger partial charge on any atom is -0.337 e. The summed E-state index contributed by atoms with van der Waals surface area (Å²) in [6.45, 7) is 1.07. The van der Waals surface area contributed by atoms with E-state index in [-0.39, 0.29) is 0 Å². The summed E-state index contributed by atoms with van der Waals surface area (Å²) in [5, 5.41) is 3.29. The van der Waals surface area contributed by atoms with Gasteiger partial charge in [0.1, 0.15) is 5.82 Å². The monoisotopic (exact) mass is 196 g/mol. The van der Waals surface area contributed by atoms with Crippen molar-refractivity contribution in [1.82, 2.24) is 19.8 Å². The molecule has 0 aliphatic carbocycles. The Labute approximate surface area is 85.9 Å². The van der Waals surface area contributed by atoms with Crippen LogP contribution in [0.15, 0.2) is 12.4 Å². The predicted octanol–water partition coefficient (Wildman–Crippen LogP) is 0.632. The maximum Gasteiger partial charge on any atom is 0.125 e. The normalized spacial score (nSPS) is 13.5. The van der Waals surface area contributed by atoms with Crippen molar-refractivity contribution in [3.8, 4) is 0 Å². The summed E-state index contributed by atoms with van der Waals surface area (Å²) < 4.78 is 2.07. The van der Waals surface area contributed by atoms with E-state index in [2.05, 4.69) is 33.9 Å². The first-order valence-corrected chi connectivity index (χ1v) is 4.94. The molecule has 14 heavy (non-hydrogen) atoms. The average molecular weight is 196 g/mol. The van der Waals surface area contributed by atoms with Crippen LogP contribution in [0.3, 0.4) is 0 Å². The van der Waals surface area contributed by atoms with Crippen LogP contribution in [0.2, 0.25) is 0 Å². The minimum absolute atomic E-state index is 0.345. The zero-order valence-electron chi connectivity index (χ0n) is 9.49. The fraction of sp³-hybridized carbons (Fsp3) is 0.700. The van der Waals surface area contributed by atoms with Gasteiger partial charge in [0.2, 0.25) is 0 Å². The predicted molar refractivity (Wildman–Crippen MR) is 58.2 cm³/mol. The summed E-state index contributed by atoms with van der Waals surface area (Å²) in [7, 11) is 8.19. The van der Waals surface area contributed by atoms with Crippen LogP contribution in [-0.4, -0.2) is 42.1 Å². The van der Waals surface area contributed by atoms with Crippen LogP contribution >= 0.6 is 0 Å². The van der Waals surface area contributed by atoms with E-state index in [9.17, 15) is 0 Å². The zero-order chi connectivity index (χ0) is 10.6. The van der Waals surface area contributed by atoms with Gasteiger partial charge >= 0.3 is 0 Å². The smallest absolute Gasteiger partial charge is 0.125 e. The van der Waals surface area contributed by atoms with E-state index in [1.54, 1.807) is 0 Å². The standard InChI is InChI=1S/C10H20N4/c1-11-9(5-7-13(2)3)10-12-6-8-14(10)4/h6,8-9,11H,5,7H2,1-4H3. The van der Waals surface area contributed by atoms with Gasteiger partial charge in [-0.3, -0.25) is 0 Å².